The van der Waals surface area contributed by atoms with Crippen molar-refractivity contribution in [2.75, 3.05) is 23.2 Å². The Morgan fingerprint density at radius 1 is 0.943 bits per heavy atom. The van der Waals surface area contributed by atoms with Gasteiger partial charge >= 0.3 is 0 Å². The topological polar surface area (TPSA) is 113 Å². The number of carbonyl (C=O) groups excluding carboxylic acids is 1. The number of benzene rings is 3. The average molecular weight is 534 g/mol. The van der Waals surface area contributed by atoms with Gasteiger partial charge in [0.2, 0.25) is 15.9 Å². The Balaban J connectivity index is 1.43. The molecule has 184 valence electrons. The smallest absolute Gasteiger partial charge is 0.264 e. The number of carbonyl (C=O) groups is 1. The van der Waals surface area contributed by atoms with Crippen molar-refractivity contribution in [3.63, 3.8) is 0 Å². The van der Waals surface area contributed by atoms with Gasteiger partial charge < -0.3 is 5.32 Å². The number of amides is 1. The Labute approximate surface area is 210 Å². The minimum Gasteiger partial charge on any atom is -0.326 e. The first-order chi connectivity index (χ1) is 16.6. The summed E-state index contributed by atoms with van der Waals surface area (Å²) in [7, 11) is -5.92. The van der Waals surface area contributed by atoms with Gasteiger partial charge in [-0.15, -0.1) is 0 Å². The maximum atomic E-state index is 13.2. The SMILES string of the molecule is CNS(=O)(=O)c1ccc(CCC(=O)Nc2ccc3c(c2)N(S(=O)(=O)c2ccc(Cl)cc2)CC3)cc1. The quantitative estimate of drug-likeness (QED) is 0.459. The maximum Gasteiger partial charge on any atom is 0.264 e. The molecule has 1 heterocycles. The second kappa shape index (κ2) is 9.98. The van der Waals surface area contributed by atoms with E-state index in [1.807, 2.05) is 6.07 Å². The van der Waals surface area contributed by atoms with Crippen LogP contribution in [-0.4, -0.2) is 36.3 Å². The van der Waals surface area contributed by atoms with Gasteiger partial charge in [-0.1, -0.05) is 29.8 Å². The number of halogens is 1. The van der Waals surface area contributed by atoms with Crippen LogP contribution in [0.15, 0.2) is 76.5 Å². The van der Waals surface area contributed by atoms with Gasteiger partial charge in [0.1, 0.15) is 0 Å². The lowest BCUT2D eigenvalue weighted by Gasteiger charge is -2.20. The van der Waals surface area contributed by atoms with Crippen LogP contribution in [0.5, 0.6) is 0 Å². The van der Waals surface area contributed by atoms with Gasteiger partial charge in [0.05, 0.1) is 15.5 Å². The zero-order valence-corrected chi connectivity index (χ0v) is 21.3. The van der Waals surface area contributed by atoms with Gasteiger partial charge in [0.25, 0.3) is 10.0 Å². The van der Waals surface area contributed by atoms with Crippen molar-refractivity contribution in [3.05, 3.63) is 82.9 Å². The molecule has 11 heteroatoms. The van der Waals surface area contributed by atoms with Gasteiger partial charge in [0, 0.05) is 23.7 Å². The number of aryl methyl sites for hydroxylation is 1. The van der Waals surface area contributed by atoms with Crippen LogP contribution >= 0.6 is 11.6 Å². The average Bonchev–Trinajstić information content (AvgIpc) is 3.27. The summed E-state index contributed by atoms with van der Waals surface area (Å²) in [6, 6.07) is 17.6. The molecule has 2 N–H and O–H groups in total. The maximum absolute atomic E-state index is 13.2. The van der Waals surface area contributed by atoms with Gasteiger partial charge in [0.15, 0.2) is 0 Å². The molecule has 0 saturated carbocycles. The Bertz CT molecular complexity index is 1460. The van der Waals surface area contributed by atoms with E-state index in [9.17, 15) is 21.6 Å². The fourth-order valence-electron chi connectivity index (χ4n) is 3.85. The van der Waals surface area contributed by atoms with Gasteiger partial charge in [-0.05, 0) is 79.5 Å². The summed E-state index contributed by atoms with van der Waals surface area (Å²) in [4.78, 5) is 12.8. The molecule has 0 unspecified atom stereocenters. The zero-order valence-electron chi connectivity index (χ0n) is 18.9. The lowest BCUT2D eigenvalue weighted by atomic mass is 10.1. The van der Waals surface area contributed by atoms with Crippen molar-refractivity contribution in [2.45, 2.75) is 29.1 Å². The van der Waals surface area contributed by atoms with Crippen LogP contribution in [0, 0.1) is 0 Å². The van der Waals surface area contributed by atoms with Crippen LogP contribution in [-0.2, 0) is 37.7 Å². The molecular formula is C24H24ClN3O5S2. The lowest BCUT2D eigenvalue weighted by Crippen LogP contribution is -2.29. The van der Waals surface area contributed by atoms with Crippen molar-refractivity contribution in [1.82, 2.24) is 4.72 Å². The molecule has 3 aromatic carbocycles. The summed E-state index contributed by atoms with van der Waals surface area (Å²) in [5.41, 5.74) is 2.75. The third kappa shape index (κ3) is 5.51. The van der Waals surface area contributed by atoms with Crippen LogP contribution in [0.3, 0.4) is 0 Å². The standard InChI is InChI=1S/C24H24ClN3O5S2/c1-26-34(30,31)21-9-2-17(3-10-21)4-13-24(29)27-20-8-5-18-14-15-28(23(18)16-20)35(32,33)22-11-6-19(25)7-12-22/h2-3,5-12,16,26H,4,13-15H2,1H3,(H,27,29). The Kier molecular flexibility index (Phi) is 7.18. The van der Waals surface area contributed by atoms with E-state index in [1.165, 1.54) is 47.8 Å². The molecule has 0 saturated heterocycles. The molecular weight excluding hydrogens is 510 g/mol. The highest BCUT2D eigenvalue weighted by molar-refractivity contribution is 7.92. The highest BCUT2D eigenvalue weighted by Gasteiger charge is 2.31. The first-order valence-corrected chi connectivity index (χ1v) is 14.1. The van der Waals surface area contributed by atoms with Crippen molar-refractivity contribution in [1.29, 1.82) is 0 Å². The van der Waals surface area contributed by atoms with Crippen LogP contribution in [0.1, 0.15) is 17.5 Å². The summed E-state index contributed by atoms with van der Waals surface area (Å²) >= 11 is 5.89. The van der Waals surface area contributed by atoms with Gasteiger partial charge in [-0.25, -0.2) is 21.6 Å². The second-order valence-corrected chi connectivity index (χ2v) is 12.2. The number of fused-ring (bicyclic) bond motifs is 1. The van der Waals surface area contributed by atoms with E-state index in [0.717, 1.165) is 11.1 Å². The minimum atomic E-state index is -3.76. The Morgan fingerprint density at radius 3 is 2.26 bits per heavy atom. The number of anilines is 2. The molecule has 0 radical (unpaired) electrons. The molecule has 0 bridgehead atoms. The summed E-state index contributed by atoms with van der Waals surface area (Å²) in [5, 5.41) is 3.28. The second-order valence-electron chi connectivity index (χ2n) is 8.02. The molecule has 4 rings (SSSR count). The predicted octanol–water partition coefficient (Wildman–Crippen LogP) is 3.57. The fraction of sp³-hybridized carbons (Fsp3) is 0.208. The first-order valence-electron chi connectivity index (χ1n) is 10.8. The summed E-state index contributed by atoms with van der Waals surface area (Å²) < 4.78 is 53.6. The highest BCUT2D eigenvalue weighted by atomic mass is 35.5. The molecule has 0 spiro atoms. The third-order valence-corrected chi connectivity index (χ3v) is 9.28. The molecule has 1 aliphatic rings. The van der Waals surface area contributed by atoms with Gasteiger partial charge in [-0.2, -0.15) is 0 Å². The van der Waals surface area contributed by atoms with Crippen LogP contribution < -0.4 is 14.3 Å². The van der Waals surface area contributed by atoms with Crippen molar-refractivity contribution in [3.8, 4) is 0 Å². The minimum absolute atomic E-state index is 0.151. The zero-order chi connectivity index (χ0) is 25.2. The predicted molar refractivity (Wildman–Crippen MR) is 136 cm³/mol. The Morgan fingerprint density at radius 2 is 1.60 bits per heavy atom. The van der Waals surface area contributed by atoms with Crippen molar-refractivity contribution < 1.29 is 21.6 Å². The molecule has 0 fully saturated rings. The number of hydrogen-bond donors (Lipinski definition) is 2. The monoisotopic (exact) mass is 533 g/mol. The molecule has 0 aromatic heterocycles. The number of rotatable bonds is 8. The van der Waals surface area contributed by atoms with Crippen molar-refractivity contribution in [2.24, 2.45) is 0 Å². The summed E-state index contributed by atoms with van der Waals surface area (Å²) in [6.07, 6.45) is 1.19. The van der Waals surface area contributed by atoms with E-state index >= 15 is 0 Å². The third-order valence-electron chi connectivity index (χ3n) is 5.77. The molecule has 0 aliphatic carbocycles. The highest BCUT2D eigenvalue weighted by Crippen LogP contribution is 2.35. The molecule has 35 heavy (non-hydrogen) atoms. The molecule has 3 aromatic rings. The molecule has 1 amide bonds. The van der Waals surface area contributed by atoms with Crippen LogP contribution in [0.2, 0.25) is 5.02 Å². The first kappa shape index (κ1) is 25.2. The molecule has 8 nitrogen and oxygen atoms in total. The van der Waals surface area contributed by atoms with Crippen LogP contribution in [0.25, 0.3) is 0 Å². The number of nitrogens with zero attached hydrogens (tertiary/aromatic N) is 1. The van der Waals surface area contributed by atoms with E-state index in [2.05, 4.69) is 10.0 Å². The Hall–Kier alpha value is -2.92. The van der Waals surface area contributed by atoms with Gasteiger partial charge in [-0.3, -0.25) is 9.10 Å². The summed E-state index contributed by atoms with van der Waals surface area (Å²) in [5.74, 6) is -0.234. The molecule has 0 atom stereocenters. The fourth-order valence-corrected chi connectivity index (χ4v) is 6.20. The lowest BCUT2D eigenvalue weighted by molar-refractivity contribution is -0.116. The van der Waals surface area contributed by atoms with Crippen LogP contribution in [0.4, 0.5) is 11.4 Å². The molecule has 1 aliphatic heterocycles. The number of sulfonamides is 2. The number of hydrogen-bond acceptors (Lipinski definition) is 5. The number of nitrogens with one attached hydrogen (secondary N) is 2. The van der Waals surface area contributed by atoms with E-state index in [-0.39, 0.29) is 22.1 Å². The van der Waals surface area contributed by atoms with Crippen molar-refractivity contribution >= 4 is 48.9 Å². The van der Waals surface area contributed by atoms with E-state index < -0.39 is 20.0 Å². The van der Waals surface area contributed by atoms with E-state index in [0.29, 0.717) is 35.8 Å². The largest absolute Gasteiger partial charge is 0.326 e. The van der Waals surface area contributed by atoms with E-state index in [4.69, 9.17) is 11.6 Å². The normalized spacial score (nSPS) is 13.5. The van der Waals surface area contributed by atoms with E-state index in [1.54, 1.807) is 24.3 Å². The summed E-state index contributed by atoms with van der Waals surface area (Å²) in [6.45, 7) is 0.316.